The average Bonchev–Trinajstić information content (AvgIpc) is 2.14. The van der Waals surface area contributed by atoms with Gasteiger partial charge in [0.25, 0.3) is 0 Å². The van der Waals surface area contributed by atoms with E-state index in [4.69, 9.17) is 5.11 Å². The number of hydrogen-bond acceptors (Lipinski definition) is 4. The Bertz CT molecular complexity index is 253. The van der Waals surface area contributed by atoms with Gasteiger partial charge in [-0.3, -0.25) is 0 Å². The third-order valence-corrected chi connectivity index (χ3v) is 2.53. The van der Waals surface area contributed by atoms with Crippen molar-refractivity contribution >= 4 is 17.7 Å². The SMILES string of the molecule is C=C(C)C(=O)OCCCSC(O)C(F)(F)F. The number of carbonyl (C=O) groups excluding carboxylic acids is 1. The number of aliphatic hydroxyl groups excluding tert-OH is 1. The number of ether oxygens (including phenoxy) is 1. The largest absolute Gasteiger partial charge is 0.462 e. The molecular weight excluding hydrogens is 245 g/mol. The third-order valence-electron chi connectivity index (χ3n) is 1.43. The zero-order chi connectivity index (χ0) is 12.8. The summed E-state index contributed by atoms with van der Waals surface area (Å²) >= 11 is 0.360. The average molecular weight is 258 g/mol. The van der Waals surface area contributed by atoms with Gasteiger partial charge in [0.1, 0.15) is 0 Å². The van der Waals surface area contributed by atoms with Crippen LogP contribution in [0.4, 0.5) is 13.2 Å². The van der Waals surface area contributed by atoms with Crippen LogP contribution in [0.15, 0.2) is 12.2 Å². The molecule has 0 aromatic carbocycles. The lowest BCUT2D eigenvalue weighted by Crippen LogP contribution is -2.25. The van der Waals surface area contributed by atoms with E-state index in [1.807, 2.05) is 0 Å². The van der Waals surface area contributed by atoms with Crippen LogP contribution < -0.4 is 0 Å². The second-order valence-electron chi connectivity index (χ2n) is 3.03. The fourth-order valence-electron chi connectivity index (χ4n) is 0.636. The first-order valence-electron chi connectivity index (χ1n) is 4.44. The van der Waals surface area contributed by atoms with Crippen LogP contribution in [0.3, 0.4) is 0 Å². The monoisotopic (exact) mass is 258 g/mol. The van der Waals surface area contributed by atoms with Gasteiger partial charge in [0.2, 0.25) is 0 Å². The van der Waals surface area contributed by atoms with Crippen molar-refractivity contribution in [2.45, 2.75) is 25.0 Å². The molecule has 0 bridgehead atoms. The molecule has 0 rings (SSSR count). The smallest absolute Gasteiger partial charge is 0.423 e. The molecule has 1 unspecified atom stereocenters. The van der Waals surface area contributed by atoms with Crippen molar-refractivity contribution < 1.29 is 27.8 Å². The van der Waals surface area contributed by atoms with Gasteiger partial charge in [-0.2, -0.15) is 13.2 Å². The molecule has 1 N–H and O–H groups in total. The van der Waals surface area contributed by atoms with Crippen LogP contribution in [0.5, 0.6) is 0 Å². The summed E-state index contributed by atoms with van der Waals surface area (Å²) < 4.78 is 40.1. The number of alkyl halides is 3. The van der Waals surface area contributed by atoms with E-state index in [9.17, 15) is 18.0 Å². The molecular formula is C9H13F3O3S. The van der Waals surface area contributed by atoms with E-state index in [0.29, 0.717) is 11.8 Å². The Morgan fingerprint density at radius 2 is 2.12 bits per heavy atom. The summed E-state index contributed by atoms with van der Waals surface area (Å²) in [6, 6.07) is 0. The van der Waals surface area contributed by atoms with Gasteiger partial charge in [-0.25, -0.2) is 4.79 Å². The highest BCUT2D eigenvalue weighted by Crippen LogP contribution is 2.28. The van der Waals surface area contributed by atoms with Crippen LogP contribution in [0.1, 0.15) is 13.3 Å². The molecule has 0 saturated carbocycles. The van der Waals surface area contributed by atoms with Gasteiger partial charge in [-0.15, -0.1) is 11.8 Å². The normalized spacial score (nSPS) is 13.3. The van der Waals surface area contributed by atoms with Gasteiger partial charge in [-0.05, 0) is 19.1 Å². The summed E-state index contributed by atoms with van der Waals surface area (Å²) in [7, 11) is 0. The van der Waals surface area contributed by atoms with Gasteiger partial charge in [0.15, 0.2) is 5.44 Å². The molecule has 1 atom stereocenters. The zero-order valence-corrected chi connectivity index (χ0v) is 9.53. The van der Waals surface area contributed by atoms with Gasteiger partial charge >= 0.3 is 12.1 Å². The molecule has 7 heteroatoms. The van der Waals surface area contributed by atoms with E-state index in [1.165, 1.54) is 6.92 Å². The highest BCUT2D eigenvalue weighted by Gasteiger charge is 2.38. The van der Waals surface area contributed by atoms with Crippen molar-refractivity contribution in [3.8, 4) is 0 Å². The highest BCUT2D eigenvalue weighted by atomic mass is 32.2. The molecule has 0 heterocycles. The van der Waals surface area contributed by atoms with Crippen LogP contribution in [0.25, 0.3) is 0 Å². The lowest BCUT2D eigenvalue weighted by atomic mass is 10.4. The molecule has 0 amide bonds. The molecule has 3 nitrogen and oxygen atoms in total. The standard InChI is InChI=1S/C9H13F3O3S/c1-6(2)7(13)15-4-3-5-16-8(14)9(10,11)12/h8,14H,1,3-5H2,2H3. The Balaban J connectivity index is 3.55. The minimum atomic E-state index is -4.61. The molecule has 0 aromatic rings. The summed E-state index contributed by atoms with van der Waals surface area (Å²) in [5, 5.41) is 8.60. The minimum Gasteiger partial charge on any atom is -0.462 e. The number of carbonyl (C=O) groups is 1. The van der Waals surface area contributed by atoms with Crippen LogP contribution in [0.2, 0.25) is 0 Å². The summed E-state index contributed by atoms with van der Waals surface area (Å²) in [4.78, 5) is 10.8. The molecule has 0 spiro atoms. The molecule has 0 radical (unpaired) electrons. The van der Waals surface area contributed by atoms with Gasteiger partial charge in [-0.1, -0.05) is 6.58 Å². The first kappa shape index (κ1) is 15.3. The Morgan fingerprint density at radius 3 is 2.56 bits per heavy atom. The van der Waals surface area contributed by atoms with Crippen LogP contribution in [0, 0.1) is 0 Å². The van der Waals surface area contributed by atoms with Crippen LogP contribution in [-0.4, -0.2) is 35.0 Å². The highest BCUT2D eigenvalue weighted by molar-refractivity contribution is 7.99. The summed E-state index contributed by atoms with van der Waals surface area (Å²) in [5.74, 6) is -0.509. The molecule has 0 aliphatic heterocycles. The topological polar surface area (TPSA) is 46.5 Å². The first-order valence-corrected chi connectivity index (χ1v) is 5.49. The molecule has 0 aliphatic carbocycles. The summed E-state index contributed by atoms with van der Waals surface area (Å²) in [6.07, 6.45) is -4.37. The first-order chi connectivity index (χ1) is 7.25. The molecule has 0 saturated heterocycles. The Hall–Kier alpha value is -0.690. The van der Waals surface area contributed by atoms with E-state index in [2.05, 4.69) is 11.3 Å². The predicted octanol–water partition coefficient (Wildman–Crippen LogP) is 2.11. The third kappa shape index (κ3) is 6.73. The number of hydrogen-bond donors (Lipinski definition) is 1. The number of halogens is 3. The maximum absolute atomic E-state index is 11.8. The quantitative estimate of drug-likeness (QED) is 0.343. The van der Waals surface area contributed by atoms with Crippen molar-refractivity contribution in [2.75, 3.05) is 12.4 Å². The van der Waals surface area contributed by atoms with Crippen molar-refractivity contribution in [1.82, 2.24) is 0 Å². The number of esters is 1. The predicted molar refractivity (Wildman–Crippen MR) is 54.9 cm³/mol. The van der Waals surface area contributed by atoms with E-state index in [-0.39, 0.29) is 24.4 Å². The Labute approximate surface area is 95.7 Å². The molecule has 0 aromatic heterocycles. The fourth-order valence-corrected chi connectivity index (χ4v) is 1.33. The van der Waals surface area contributed by atoms with Gasteiger partial charge in [0.05, 0.1) is 6.61 Å². The van der Waals surface area contributed by atoms with Crippen LogP contribution in [-0.2, 0) is 9.53 Å². The number of rotatable bonds is 6. The maximum Gasteiger partial charge on any atom is 0.423 e. The van der Waals surface area contributed by atoms with E-state index < -0.39 is 17.6 Å². The fraction of sp³-hybridized carbons (Fsp3) is 0.667. The van der Waals surface area contributed by atoms with Crippen molar-refractivity contribution in [3.05, 3.63) is 12.2 Å². The second kappa shape index (κ2) is 6.80. The van der Waals surface area contributed by atoms with Gasteiger partial charge < -0.3 is 9.84 Å². The zero-order valence-electron chi connectivity index (χ0n) is 8.71. The van der Waals surface area contributed by atoms with Crippen molar-refractivity contribution in [1.29, 1.82) is 0 Å². The Morgan fingerprint density at radius 1 is 1.56 bits per heavy atom. The van der Waals surface area contributed by atoms with Crippen molar-refractivity contribution in [3.63, 3.8) is 0 Å². The molecule has 94 valence electrons. The summed E-state index contributed by atoms with van der Waals surface area (Å²) in [6.45, 7) is 4.84. The Kier molecular flexibility index (Phi) is 6.51. The minimum absolute atomic E-state index is 0.0171. The summed E-state index contributed by atoms with van der Waals surface area (Å²) in [5.41, 5.74) is -2.15. The van der Waals surface area contributed by atoms with Crippen LogP contribution >= 0.6 is 11.8 Å². The number of thioether (sulfide) groups is 1. The van der Waals surface area contributed by atoms with Gasteiger partial charge in [0, 0.05) is 5.57 Å². The lowest BCUT2D eigenvalue weighted by Gasteiger charge is -2.13. The second-order valence-corrected chi connectivity index (χ2v) is 4.22. The maximum atomic E-state index is 11.8. The van der Waals surface area contributed by atoms with E-state index in [1.54, 1.807) is 0 Å². The molecule has 16 heavy (non-hydrogen) atoms. The van der Waals surface area contributed by atoms with E-state index in [0.717, 1.165) is 0 Å². The molecule has 0 aliphatic rings. The number of aliphatic hydroxyl groups is 1. The lowest BCUT2D eigenvalue weighted by molar-refractivity contribution is -0.173. The molecule has 0 fully saturated rings. The van der Waals surface area contributed by atoms with Crippen molar-refractivity contribution in [2.24, 2.45) is 0 Å². The van der Waals surface area contributed by atoms with E-state index >= 15 is 0 Å².